The van der Waals surface area contributed by atoms with Gasteiger partial charge >= 0.3 is 0 Å². The molecule has 1 saturated heterocycles. The summed E-state index contributed by atoms with van der Waals surface area (Å²) in [7, 11) is 0. The van der Waals surface area contributed by atoms with Gasteiger partial charge in [0, 0.05) is 4.88 Å². The summed E-state index contributed by atoms with van der Waals surface area (Å²) in [5.41, 5.74) is 1.75. The Kier molecular flexibility index (Phi) is 3.90. The van der Waals surface area contributed by atoms with E-state index in [1.807, 2.05) is 24.4 Å². The average Bonchev–Trinajstić information content (AvgIpc) is 3.00. The Morgan fingerprint density at radius 3 is 2.67 bits per heavy atom. The lowest BCUT2D eigenvalue weighted by Gasteiger charge is -1.95. The number of hydrogen-bond donors (Lipinski definition) is 1. The van der Waals surface area contributed by atoms with Crippen LogP contribution in [0.25, 0.3) is 6.08 Å². The smallest absolute Gasteiger partial charge is 0.264 e. The van der Waals surface area contributed by atoms with E-state index >= 15 is 0 Å². The maximum Gasteiger partial charge on any atom is 0.264 e. The van der Waals surface area contributed by atoms with E-state index in [-0.39, 0.29) is 11.7 Å². The number of nitrogens with one attached hydrogen (secondary N) is 1. The van der Waals surface area contributed by atoms with E-state index in [9.17, 15) is 9.18 Å². The number of aryl methyl sites for hydroxylation is 1. The number of thiophene rings is 1. The van der Waals surface area contributed by atoms with Crippen LogP contribution < -0.4 is 5.32 Å². The highest BCUT2D eigenvalue weighted by atomic mass is 32.2. The predicted molar refractivity (Wildman–Crippen MR) is 86.3 cm³/mol. The summed E-state index contributed by atoms with van der Waals surface area (Å²) in [6.07, 6.45) is 1.87. The summed E-state index contributed by atoms with van der Waals surface area (Å²) >= 11 is 2.88. The average molecular weight is 318 g/mol. The monoisotopic (exact) mass is 318 g/mol. The summed E-state index contributed by atoms with van der Waals surface area (Å²) < 4.78 is 12.8. The van der Waals surface area contributed by atoms with Crippen LogP contribution in [0.5, 0.6) is 0 Å². The van der Waals surface area contributed by atoms with Crippen molar-refractivity contribution in [2.75, 3.05) is 0 Å². The highest BCUT2D eigenvalue weighted by Gasteiger charge is 2.24. The highest BCUT2D eigenvalue weighted by molar-refractivity contribution is 8.18. The van der Waals surface area contributed by atoms with Crippen LogP contribution in [0.3, 0.4) is 0 Å². The summed E-state index contributed by atoms with van der Waals surface area (Å²) in [5.74, 6) is -0.468. The Morgan fingerprint density at radius 1 is 1.24 bits per heavy atom. The zero-order valence-electron chi connectivity index (χ0n) is 11.1. The van der Waals surface area contributed by atoms with Crippen molar-refractivity contribution in [3.8, 4) is 0 Å². The number of rotatable bonds is 2. The number of amidine groups is 1. The fourth-order valence-corrected chi connectivity index (χ4v) is 3.52. The molecular weight excluding hydrogens is 307 g/mol. The first-order valence-corrected chi connectivity index (χ1v) is 7.91. The van der Waals surface area contributed by atoms with E-state index < -0.39 is 0 Å². The molecule has 2 heterocycles. The van der Waals surface area contributed by atoms with Gasteiger partial charge in [0.15, 0.2) is 5.17 Å². The van der Waals surface area contributed by atoms with Crippen molar-refractivity contribution in [1.82, 2.24) is 5.32 Å². The third-order valence-corrected chi connectivity index (χ3v) is 4.75. The van der Waals surface area contributed by atoms with E-state index in [2.05, 4.69) is 10.3 Å². The van der Waals surface area contributed by atoms with Crippen LogP contribution in [0.4, 0.5) is 10.1 Å². The van der Waals surface area contributed by atoms with Crippen molar-refractivity contribution >= 4 is 45.9 Å². The molecule has 1 aliphatic heterocycles. The van der Waals surface area contributed by atoms with Gasteiger partial charge in [-0.1, -0.05) is 0 Å². The molecule has 0 saturated carbocycles. The molecule has 1 amide bonds. The minimum absolute atomic E-state index is 0.159. The lowest BCUT2D eigenvalue weighted by atomic mass is 10.3. The van der Waals surface area contributed by atoms with Gasteiger partial charge in [0.05, 0.1) is 10.6 Å². The zero-order valence-corrected chi connectivity index (χ0v) is 12.7. The zero-order chi connectivity index (χ0) is 14.8. The van der Waals surface area contributed by atoms with Gasteiger partial charge in [-0.2, -0.15) is 0 Å². The molecule has 1 aromatic carbocycles. The van der Waals surface area contributed by atoms with Crippen LogP contribution >= 0.6 is 23.1 Å². The van der Waals surface area contributed by atoms with Crippen LogP contribution in [0.15, 0.2) is 45.6 Å². The number of carbonyl (C=O) groups excluding carboxylic acids is 1. The SMILES string of the molecule is Cc1ccsc1C=C1SC(=Nc2ccc(F)cc2)NC1=O. The largest absolute Gasteiger partial charge is 0.300 e. The maximum atomic E-state index is 12.8. The number of nitrogens with zero attached hydrogens (tertiary/aromatic N) is 1. The fourth-order valence-electron chi connectivity index (χ4n) is 1.76. The van der Waals surface area contributed by atoms with Crippen molar-refractivity contribution in [2.24, 2.45) is 4.99 Å². The van der Waals surface area contributed by atoms with Gasteiger partial charge in [0.1, 0.15) is 5.82 Å². The molecule has 0 bridgehead atoms. The molecule has 106 valence electrons. The Balaban J connectivity index is 1.83. The van der Waals surface area contributed by atoms with Crippen LogP contribution in [0, 0.1) is 12.7 Å². The van der Waals surface area contributed by atoms with E-state index in [0.29, 0.717) is 15.8 Å². The van der Waals surface area contributed by atoms with Gasteiger partial charge in [0.25, 0.3) is 5.91 Å². The molecule has 3 nitrogen and oxygen atoms in total. The minimum Gasteiger partial charge on any atom is -0.300 e. The van der Waals surface area contributed by atoms with Crippen LogP contribution in [0.1, 0.15) is 10.4 Å². The van der Waals surface area contributed by atoms with Crippen molar-refractivity contribution < 1.29 is 9.18 Å². The molecular formula is C15H11FN2OS2. The van der Waals surface area contributed by atoms with E-state index in [1.54, 1.807) is 23.5 Å². The molecule has 0 atom stereocenters. The quantitative estimate of drug-likeness (QED) is 0.848. The number of thioether (sulfide) groups is 1. The summed E-state index contributed by atoms with van der Waals surface area (Å²) in [4.78, 5) is 17.9. The number of hydrogen-bond acceptors (Lipinski definition) is 4. The lowest BCUT2D eigenvalue weighted by molar-refractivity contribution is -0.115. The minimum atomic E-state index is -0.309. The molecule has 1 N–H and O–H groups in total. The molecule has 0 unspecified atom stereocenters. The first-order chi connectivity index (χ1) is 10.1. The second-order valence-electron chi connectivity index (χ2n) is 4.43. The Hall–Kier alpha value is -1.92. The molecule has 2 aromatic rings. The van der Waals surface area contributed by atoms with E-state index in [1.165, 1.54) is 23.9 Å². The molecule has 1 fully saturated rings. The van der Waals surface area contributed by atoms with Crippen LogP contribution in [-0.2, 0) is 4.79 Å². The number of amides is 1. The van der Waals surface area contributed by atoms with Gasteiger partial charge in [-0.15, -0.1) is 11.3 Å². The van der Waals surface area contributed by atoms with Crippen molar-refractivity contribution in [3.05, 3.63) is 56.9 Å². The lowest BCUT2D eigenvalue weighted by Crippen LogP contribution is -2.19. The normalized spacial score (nSPS) is 18.5. The fraction of sp³-hybridized carbons (Fsp3) is 0.0667. The molecule has 1 aliphatic rings. The third kappa shape index (κ3) is 3.22. The third-order valence-electron chi connectivity index (χ3n) is 2.87. The Morgan fingerprint density at radius 2 is 2.00 bits per heavy atom. The molecule has 1 aromatic heterocycles. The molecule has 6 heteroatoms. The van der Waals surface area contributed by atoms with Crippen molar-refractivity contribution in [2.45, 2.75) is 6.92 Å². The number of aliphatic imine (C=N–C) groups is 1. The molecule has 3 rings (SSSR count). The van der Waals surface area contributed by atoms with Gasteiger partial charge in [-0.3, -0.25) is 4.79 Å². The summed E-state index contributed by atoms with van der Waals surface area (Å²) in [5, 5.41) is 5.21. The van der Waals surface area contributed by atoms with Crippen molar-refractivity contribution in [1.29, 1.82) is 0 Å². The molecule has 0 radical (unpaired) electrons. The highest BCUT2D eigenvalue weighted by Crippen LogP contribution is 2.30. The predicted octanol–water partition coefficient (Wildman–Crippen LogP) is 4.09. The number of carbonyl (C=O) groups is 1. The second-order valence-corrected chi connectivity index (χ2v) is 6.40. The Bertz CT molecular complexity index is 747. The van der Waals surface area contributed by atoms with Gasteiger partial charge in [0.2, 0.25) is 0 Å². The standard InChI is InChI=1S/C15H11FN2OS2/c1-9-6-7-20-12(9)8-13-14(19)18-15(21-13)17-11-4-2-10(16)3-5-11/h2-8H,1H3,(H,17,18,19). The van der Waals surface area contributed by atoms with Gasteiger partial charge in [-0.05, 0) is 66.0 Å². The van der Waals surface area contributed by atoms with Crippen molar-refractivity contribution in [3.63, 3.8) is 0 Å². The summed E-state index contributed by atoms with van der Waals surface area (Å²) in [6, 6.07) is 7.83. The molecule has 21 heavy (non-hydrogen) atoms. The second kappa shape index (κ2) is 5.83. The van der Waals surface area contributed by atoms with Gasteiger partial charge < -0.3 is 5.32 Å². The Labute approximate surface area is 129 Å². The van der Waals surface area contributed by atoms with Crippen LogP contribution in [-0.4, -0.2) is 11.1 Å². The van der Waals surface area contributed by atoms with Gasteiger partial charge in [-0.25, -0.2) is 9.38 Å². The van der Waals surface area contributed by atoms with Crippen LogP contribution in [0.2, 0.25) is 0 Å². The first kappa shape index (κ1) is 14.0. The van der Waals surface area contributed by atoms with E-state index in [4.69, 9.17) is 0 Å². The molecule has 0 aliphatic carbocycles. The first-order valence-electron chi connectivity index (χ1n) is 6.21. The molecule has 0 spiro atoms. The summed E-state index contributed by atoms with van der Waals surface area (Å²) in [6.45, 7) is 2.01. The topological polar surface area (TPSA) is 41.5 Å². The maximum absolute atomic E-state index is 12.8. The number of halogens is 1. The van der Waals surface area contributed by atoms with E-state index in [0.717, 1.165) is 10.4 Å². The number of benzene rings is 1.